The number of aliphatic hydroxyl groups is 1. The van der Waals surface area contributed by atoms with Crippen LogP contribution in [0.1, 0.15) is 44.9 Å². The summed E-state index contributed by atoms with van der Waals surface area (Å²) in [6.07, 6.45) is 7.76. The van der Waals surface area contributed by atoms with E-state index >= 15 is 0 Å². The summed E-state index contributed by atoms with van der Waals surface area (Å²) in [5.74, 6) is 1.34. The minimum Gasteiger partial charge on any atom is -0.389 e. The lowest BCUT2D eigenvalue weighted by molar-refractivity contribution is -0.142. The summed E-state index contributed by atoms with van der Waals surface area (Å²) in [7, 11) is 0. The van der Waals surface area contributed by atoms with Crippen molar-refractivity contribution in [2.75, 3.05) is 26.2 Å². The minimum atomic E-state index is -0.476. The van der Waals surface area contributed by atoms with E-state index in [9.17, 15) is 9.90 Å². The molecule has 1 aliphatic heterocycles. The van der Waals surface area contributed by atoms with Gasteiger partial charge in [-0.2, -0.15) is 0 Å². The fraction of sp³-hybridized carbons (Fsp3) is 0.933. The van der Waals surface area contributed by atoms with Crippen LogP contribution >= 0.6 is 0 Å². The summed E-state index contributed by atoms with van der Waals surface area (Å²) in [6.45, 7) is 2.96. The normalized spacial score (nSPS) is 35.0. The van der Waals surface area contributed by atoms with E-state index in [4.69, 9.17) is 0 Å². The average Bonchev–Trinajstić information content (AvgIpc) is 3.21. The molecule has 0 aromatic rings. The first-order valence-electron chi connectivity index (χ1n) is 7.88. The summed E-state index contributed by atoms with van der Waals surface area (Å²) < 4.78 is 0. The van der Waals surface area contributed by atoms with Crippen LogP contribution in [0.3, 0.4) is 0 Å². The monoisotopic (exact) mass is 266 g/mol. The van der Waals surface area contributed by atoms with Crippen molar-refractivity contribution in [3.63, 3.8) is 0 Å². The zero-order valence-electron chi connectivity index (χ0n) is 11.7. The number of rotatable bonds is 4. The molecule has 3 fully saturated rings. The molecule has 0 aromatic heterocycles. The molecule has 0 aromatic carbocycles. The number of fused-ring (bicyclic) bond motifs is 1. The number of nitrogens with zero attached hydrogens (tertiary/aromatic N) is 1. The Balaban J connectivity index is 1.47. The van der Waals surface area contributed by atoms with Crippen LogP contribution in [0.5, 0.6) is 0 Å². The van der Waals surface area contributed by atoms with Crippen molar-refractivity contribution in [3.8, 4) is 0 Å². The summed E-state index contributed by atoms with van der Waals surface area (Å²) >= 11 is 0. The third kappa shape index (κ3) is 3.11. The zero-order chi connectivity index (χ0) is 13.3. The van der Waals surface area contributed by atoms with Gasteiger partial charge in [0.05, 0.1) is 12.1 Å². The summed E-state index contributed by atoms with van der Waals surface area (Å²) in [5, 5.41) is 13.9. The Bertz CT molecular complexity index is 343. The highest BCUT2D eigenvalue weighted by molar-refractivity contribution is 5.78. The van der Waals surface area contributed by atoms with Gasteiger partial charge in [-0.15, -0.1) is 0 Å². The number of piperidine rings is 1. The van der Waals surface area contributed by atoms with Crippen LogP contribution in [-0.4, -0.2) is 47.7 Å². The maximum atomic E-state index is 12.2. The average molecular weight is 266 g/mol. The van der Waals surface area contributed by atoms with Crippen LogP contribution < -0.4 is 5.32 Å². The molecule has 0 spiro atoms. The van der Waals surface area contributed by atoms with Crippen molar-refractivity contribution in [1.29, 1.82) is 0 Å². The van der Waals surface area contributed by atoms with Crippen LogP contribution in [0.25, 0.3) is 0 Å². The predicted molar refractivity (Wildman–Crippen MR) is 73.7 cm³/mol. The smallest absolute Gasteiger partial charge is 0.236 e. The molecule has 2 atom stereocenters. The maximum Gasteiger partial charge on any atom is 0.236 e. The third-order valence-corrected chi connectivity index (χ3v) is 5.19. The van der Waals surface area contributed by atoms with Gasteiger partial charge in [-0.25, -0.2) is 0 Å². The second-order valence-corrected chi connectivity index (χ2v) is 6.71. The Kier molecular flexibility index (Phi) is 3.81. The molecule has 19 heavy (non-hydrogen) atoms. The molecule has 1 heterocycles. The predicted octanol–water partition coefficient (Wildman–Crippen LogP) is 1.14. The van der Waals surface area contributed by atoms with Crippen LogP contribution in [-0.2, 0) is 4.79 Å². The first kappa shape index (κ1) is 13.4. The van der Waals surface area contributed by atoms with Crippen molar-refractivity contribution in [2.45, 2.75) is 50.5 Å². The van der Waals surface area contributed by atoms with Gasteiger partial charge < -0.3 is 15.3 Å². The fourth-order valence-corrected chi connectivity index (χ4v) is 3.61. The molecule has 1 amide bonds. The first-order chi connectivity index (χ1) is 9.17. The van der Waals surface area contributed by atoms with Crippen molar-refractivity contribution in [2.24, 2.45) is 11.8 Å². The number of nitrogens with one attached hydrogen (secondary N) is 1. The van der Waals surface area contributed by atoms with Gasteiger partial charge in [-0.3, -0.25) is 4.79 Å². The summed E-state index contributed by atoms with van der Waals surface area (Å²) in [5.41, 5.74) is -0.476. The van der Waals surface area contributed by atoms with Crippen molar-refractivity contribution >= 4 is 5.91 Å². The summed E-state index contributed by atoms with van der Waals surface area (Å²) in [4.78, 5) is 14.1. The number of hydrogen-bond donors (Lipinski definition) is 2. The highest BCUT2D eigenvalue weighted by Crippen LogP contribution is 2.39. The third-order valence-electron chi connectivity index (χ3n) is 5.19. The van der Waals surface area contributed by atoms with E-state index in [0.29, 0.717) is 12.5 Å². The number of hydrogen-bond acceptors (Lipinski definition) is 3. The molecule has 3 rings (SSSR count). The molecule has 2 N–H and O–H groups in total. The van der Waals surface area contributed by atoms with E-state index in [1.807, 2.05) is 4.90 Å². The van der Waals surface area contributed by atoms with Gasteiger partial charge in [-0.1, -0.05) is 12.8 Å². The number of carbonyl (C=O) groups excluding carboxylic acids is 1. The molecule has 1 saturated heterocycles. The van der Waals surface area contributed by atoms with E-state index < -0.39 is 5.60 Å². The Morgan fingerprint density at radius 3 is 2.89 bits per heavy atom. The second-order valence-electron chi connectivity index (χ2n) is 6.71. The fourth-order valence-electron chi connectivity index (χ4n) is 3.61. The largest absolute Gasteiger partial charge is 0.389 e. The number of carbonyl (C=O) groups is 1. The molecular weight excluding hydrogens is 240 g/mol. The maximum absolute atomic E-state index is 12.2. The Labute approximate surface area is 115 Å². The van der Waals surface area contributed by atoms with E-state index in [0.717, 1.165) is 51.2 Å². The van der Waals surface area contributed by atoms with E-state index in [1.165, 1.54) is 19.3 Å². The second kappa shape index (κ2) is 5.41. The van der Waals surface area contributed by atoms with Gasteiger partial charge in [0.1, 0.15) is 0 Å². The highest BCUT2D eigenvalue weighted by atomic mass is 16.3. The van der Waals surface area contributed by atoms with Gasteiger partial charge >= 0.3 is 0 Å². The molecule has 4 nitrogen and oxygen atoms in total. The lowest BCUT2D eigenvalue weighted by Gasteiger charge is -2.47. The Hall–Kier alpha value is -0.610. The molecule has 2 unspecified atom stereocenters. The van der Waals surface area contributed by atoms with Gasteiger partial charge in [-0.05, 0) is 44.6 Å². The van der Waals surface area contributed by atoms with Crippen LogP contribution in [0, 0.1) is 11.8 Å². The molecule has 2 aliphatic carbocycles. The summed E-state index contributed by atoms with van der Waals surface area (Å²) in [6, 6.07) is 0. The standard InChI is InChI=1S/C15H26N2O2/c18-14(10-16-9-12-4-5-12)17-8-7-15(19)6-2-1-3-13(15)11-17/h12-13,16,19H,1-11H2. The number of amides is 1. The lowest BCUT2D eigenvalue weighted by Crippen LogP contribution is -2.55. The molecule has 108 valence electrons. The van der Waals surface area contributed by atoms with Crippen molar-refractivity contribution in [3.05, 3.63) is 0 Å². The van der Waals surface area contributed by atoms with E-state index in [2.05, 4.69) is 5.32 Å². The minimum absolute atomic E-state index is 0.216. The van der Waals surface area contributed by atoms with Gasteiger partial charge in [0.25, 0.3) is 0 Å². The lowest BCUT2D eigenvalue weighted by atomic mass is 9.71. The molecule has 4 heteroatoms. The van der Waals surface area contributed by atoms with Crippen molar-refractivity contribution in [1.82, 2.24) is 10.2 Å². The molecule has 3 aliphatic rings. The van der Waals surface area contributed by atoms with E-state index in [1.54, 1.807) is 0 Å². The molecule has 0 bridgehead atoms. The van der Waals surface area contributed by atoms with Gasteiger partial charge in [0.2, 0.25) is 5.91 Å². The topological polar surface area (TPSA) is 52.6 Å². The molecule has 0 radical (unpaired) electrons. The van der Waals surface area contributed by atoms with Gasteiger partial charge in [0.15, 0.2) is 0 Å². The van der Waals surface area contributed by atoms with Gasteiger partial charge in [0, 0.05) is 19.0 Å². The number of likely N-dealkylation sites (tertiary alicyclic amines) is 1. The van der Waals surface area contributed by atoms with E-state index in [-0.39, 0.29) is 5.91 Å². The highest BCUT2D eigenvalue weighted by Gasteiger charge is 2.43. The van der Waals surface area contributed by atoms with Crippen molar-refractivity contribution < 1.29 is 9.90 Å². The Morgan fingerprint density at radius 2 is 2.11 bits per heavy atom. The SMILES string of the molecule is O=C(CNCC1CC1)N1CCC2(O)CCCCC2C1. The van der Waals surface area contributed by atoms with Crippen LogP contribution in [0.4, 0.5) is 0 Å². The quantitative estimate of drug-likeness (QED) is 0.802. The Morgan fingerprint density at radius 1 is 1.26 bits per heavy atom. The molecular formula is C15H26N2O2. The molecule has 2 saturated carbocycles. The van der Waals surface area contributed by atoms with Crippen LogP contribution in [0.2, 0.25) is 0 Å². The zero-order valence-corrected chi connectivity index (χ0v) is 11.7. The first-order valence-corrected chi connectivity index (χ1v) is 7.88. The van der Waals surface area contributed by atoms with Crippen LogP contribution in [0.15, 0.2) is 0 Å².